The Morgan fingerprint density at radius 2 is 2.04 bits per heavy atom. The summed E-state index contributed by atoms with van der Waals surface area (Å²) in [5.74, 6) is -0.553. The summed E-state index contributed by atoms with van der Waals surface area (Å²) in [6.07, 6.45) is 3.89. The van der Waals surface area contributed by atoms with E-state index in [1.54, 1.807) is 18.3 Å². The van der Waals surface area contributed by atoms with Crippen molar-refractivity contribution < 1.29 is 9.18 Å². The van der Waals surface area contributed by atoms with Crippen molar-refractivity contribution in [3.8, 4) is 0 Å². The number of benzene rings is 1. The number of aromatic amines is 1. The van der Waals surface area contributed by atoms with Crippen LogP contribution in [-0.4, -0.2) is 21.9 Å². The number of hydrogen-bond acceptors (Lipinski definition) is 3. The van der Waals surface area contributed by atoms with Crippen molar-refractivity contribution >= 4 is 16.9 Å². The number of H-pyrrole nitrogens is 1. The fourth-order valence-corrected chi connectivity index (χ4v) is 2.37. The van der Waals surface area contributed by atoms with Gasteiger partial charge in [0.15, 0.2) is 0 Å². The predicted octanol–water partition coefficient (Wildman–Crippen LogP) is 1.89. The van der Waals surface area contributed by atoms with Crippen LogP contribution < -0.4 is 11.1 Å². The van der Waals surface area contributed by atoms with Crippen LogP contribution in [0.3, 0.4) is 0 Å². The quantitative estimate of drug-likeness (QED) is 0.672. The van der Waals surface area contributed by atoms with Crippen molar-refractivity contribution in [1.29, 1.82) is 0 Å². The van der Waals surface area contributed by atoms with Crippen molar-refractivity contribution in [2.24, 2.45) is 5.73 Å². The fourth-order valence-electron chi connectivity index (χ4n) is 2.37. The van der Waals surface area contributed by atoms with Crippen molar-refractivity contribution in [2.75, 3.05) is 0 Å². The van der Waals surface area contributed by atoms with Gasteiger partial charge in [0.2, 0.25) is 5.91 Å². The Labute approximate surface area is 132 Å². The molecule has 0 radical (unpaired) electrons. The smallest absolute Gasteiger partial charge is 0.237 e. The van der Waals surface area contributed by atoms with Crippen LogP contribution in [0.2, 0.25) is 0 Å². The monoisotopic (exact) mass is 312 g/mol. The maximum Gasteiger partial charge on any atom is 0.237 e. The Hall–Kier alpha value is -2.73. The SMILES string of the molecule is NC(Cc1ccc(F)cc1)C(=O)NCc1cnc2[nH]ccc2c1. The van der Waals surface area contributed by atoms with Gasteiger partial charge in [0.25, 0.3) is 0 Å². The highest BCUT2D eigenvalue weighted by Gasteiger charge is 2.14. The van der Waals surface area contributed by atoms with E-state index < -0.39 is 6.04 Å². The van der Waals surface area contributed by atoms with Gasteiger partial charge in [-0.1, -0.05) is 12.1 Å². The van der Waals surface area contributed by atoms with Crippen LogP contribution in [-0.2, 0) is 17.8 Å². The third-order valence-electron chi connectivity index (χ3n) is 3.63. The van der Waals surface area contributed by atoms with E-state index in [4.69, 9.17) is 5.73 Å². The number of carbonyl (C=O) groups excluding carboxylic acids is 1. The Morgan fingerprint density at radius 3 is 2.83 bits per heavy atom. The first-order valence-electron chi connectivity index (χ1n) is 7.31. The molecule has 4 N–H and O–H groups in total. The lowest BCUT2D eigenvalue weighted by Crippen LogP contribution is -2.41. The number of carbonyl (C=O) groups is 1. The number of nitrogens with two attached hydrogens (primary N) is 1. The van der Waals surface area contributed by atoms with E-state index in [1.807, 2.05) is 18.3 Å². The molecular weight excluding hydrogens is 295 g/mol. The van der Waals surface area contributed by atoms with Crippen molar-refractivity contribution in [3.05, 3.63) is 65.7 Å². The average Bonchev–Trinajstić information content (AvgIpc) is 3.02. The maximum atomic E-state index is 12.9. The molecule has 0 bridgehead atoms. The zero-order chi connectivity index (χ0) is 16.2. The second-order valence-corrected chi connectivity index (χ2v) is 5.41. The van der Waals surface area contributed by atoms with Crippen molar-refractivity contribution in [3.63, 3.8) is 0 Å². The second kappa shape index (κ2) is 6.58. The lowest BCUT2D eigenvalue weighted by Gasteiger charge is -2.12. The number of pyridine rings is 1. The Morgan fingerprint density at radius 1 is 1.26 bits per heavy atom. The van der Waals surface area contributed by atoms with Crippen LogP contribution in [0.1, 0.15) is 11.1 Å². The first-order valence-corrected chi connectivity index (χ1v) is 7.31. The molecule has 1 amide bonds. The number of halogens is 1. The first-order chi connectivity index (χ1) is 11.1. The number of nitrogens with zero attached hydrogens (tertiary/aromatic N) is 1. The minimum absolute atomic E-state index is 0.247. The third kappa shape index (κ3) is 3.73. The summed E-state index contributed by atoms with van der Waals surface area (Å²) in [6.45, 7) is 0.365. The van der Waals surface area contributed by atoms with E-state index in [-0.39, 0.29) is 11.7 Å². The molecule has 1 unspecified atom stereocenters. The zero-order valence-electron chi connectivity index (χ0n) is 12.4. The normalized spacial score (nSPS) is 12.3. The molecule has 0 saturated carbocycles. The molecular formula is C17H17FN4O. The summed E-state index contributed by atoms with van der Waals surface area (Å²) in [5, 5.41) is 3.79. The molecule has 5 nitrogen and oxygen atoms in total. The second-order valence-electron chi connectivity index (χ2n) is 5.41. The van der Waals surface area contributed by atoms with Gasteiger partial charge >= 0.3 is 0 Å². The molecule has 2 aromatic heterocycles. The van der Waals surface area contributed by atoms with Gasteiger partial charge in [0.1, 0.15) is 11.5 Å². The molecule has 0 aliphatic rings. The van der Waals surface area contributed by atoms with E-state index in [1.165, 1.54) is 12.1 Å². The fraction of sp³-hybridized carbons (Fsp3) is 0.176. The molecule has 23 heavy (non-hydrogen) atoms. The molecule has 1 aromatic carbocycles. The highest BCUT2D eigenvalue weighted by atomic mass is 19.1. The lowest BCUT2D eigenvalue weighted by molar-refractivity contribution is -0.122. The van der Waals surface area contributed by atoms with Gasteiger partial charge in [0.05, 0.1) is 6.04 Å². The van der Waals surface area contributed by atoms with E-state index in [2.05, 4.69) is 15.3 Å². The molecule has 0 fully saturated rings. The van der Waals surface area contributed by atoms with E-state index in [0.717, 1.165) is 22.2 Å². The number of nitrogens with one attached hydrogen (secondary N) is 2. The van der Waals surface area contributed by atoms with Crippen LogP contribution in [0.4, 0.5) is 4.39 Å². The van der Waals surface area contributed by atoms with E-state index >= 15 is 0 Å². The summed E-state index contributed by atoms with van der Waals surface area (Å²) in [6, 6.07) is 9.19. The summed E-state index contributed by atoms with van der Waals surface area (Å²) in [7, 11) is 0. The van der Waals surface area contributed by atoms with Gasteiger partial charge in [-0.25, -0.2) is 9.37 Å². The van der Waals surface area contributed by atoms with Crippen LogP contribution in [0.5, 0.6) is 0 Å². The Kier molecular flexibility index (Phi) is 4.34. The van der Waals surface area contributed by atoms with E-state index in [9.17, 15) is 9.18 Å². The van der Waals surface area contributed by atoms with Crippen LogP contribution in [0.15, 0.2) is 48.8 Å². The van der Waals surface area contributed by atoms with Gasteiger partial charge < -0.3 is 16.0 Å². The molecule has 0 saturated heterocycles. The molecule has 118 valence electrons. The predicted molar refractivity (Wildman–Crippen MR) is 86.0 cm³/mol. The van der Waals surface area contributed by atoms with Crippen molar-refractivity contribution in [2.45, 2.75) is 19.0 Å². The summed E-state index contributed by atoms with van der Waals surface area (Å²) < 4.78 is 12.9. The minimum atomic E-state index is -0.676. The summed E-state index contributed by atoms with van der Waals surface area (Å²) >= 11 is 0. The van der Waals surface area contributed by atoms with Crippen LogP contribution >= 0.6 is 0 Å². The van der Waals surface area contributed by atoms with E-state index in [0.29, 0.717) is 13.0 Å². The topological polar surface area (TPSA) is 83.8 Å². The molecule has 2 heterocycles. The van der Waals surface area contributed by atoms with Crippen molar-refractivity contribution in [1.82, 2.24) is 15.3 Å². The number of rotatable bonds is 5. The number of hydrogen-bond donors (Lipinski definition) is 3. The molecule has 0 aliphatic heterocycles. The minimum Gasteiger partial charge on any atom is -0.351 e. The molecule has 0 spiro atoms. The summed E-state index contributed by atoms with van der Waals surface area (Å²) in [5.41, 5.74) is 8.44. The van der Waals surface area contributed by atoms with Gasteiger partial charge in [-0.05, 0) is 41.8 Å². The van der Waals surface area contributed by atoms with Gasteiger partial charge in [0, 0.05) is 24.3 Å². The Bertz CT molecular complexity index is 813. The summed E-state index contributed by atoms with van der Waals surface area (Å²) in [4.78, 5) is 19.3. The molecule has 1 atom stereocenters. The van der Waals surface area contributed by atoms with Crippen LogP contribution in [0.25, 0.3) is 11.0 Å². The molecule has 3 rings (SSSR count). The largest absolute Gasteiger partial charge is 0.351 e. The standard InChI is InChI=1S/C17H17FN4O/c18-14-3-1-11(2-4-14)8-15(19)17(23)22-10-12-7-13-5-6-20-16(13)21-9-12/h1-7,9,15H,8,10,19H2,(H,20,21)(H,22,23). The first kappa shape index (κ1) is 15.2. The Balaban J connectivity index is 1.56. The third-order valence-corrected chi connectivity index (χ3v) is 3.63. The maximum absolute atomic E-state index is 12.9. The lowest BCUT2D eigenvalue weighted by atomic mass is 10.1. The zero-order valence-corrected chi connectivity index (χ0v) is 12.4. The molecule has 3 aromatic rings. The number of fused-ring (bicyclic) bond motifs is 1. The van der Waals surface area contributed by atoms with Gasteiger partial charge in [-0.2, -0.15) is 0 Å². The van der Waals surface area contributed by atoms with Crippen LogP contribution in [0, 0.1) is 5.82 Å². The highest BCUT2D eigenvalue weighted by Crippen LogP contribution is 2.11. The highest BCUT2D eigenvalue weighted by molar-refractivity contribution is 5.82. The number of aromatic nitrogens is 2. The van der Waals surface area contributed by atoms with Gasteiger partial charge in [-0.15, -0.1) is 0 Å². The number of amides is 1. The van der Waals surface area contributed by atoms with Gasteiger partial charge in [-0.3, -0.25) is 4.79 Å². The molecule has 0 aliphatic carbocycles. The average molecular weight is 312 g/mol. The molecule has 6 heteroatoms.